The number of carbonyl (C=O) groups excluding carboxylic acids is 1. The number of hydrogen-bond acceptors (Lipinski definition) is 3. The van der Waals surface area contributed by atoms with Gasteiger partial charge in [0, 0.05) is 13.5 Å². The molecule has 0 spiro atoms. The largest absolute Gasteiger partial charge is 0.493 e. The predicted octanol–water partition coefficient (Wildman–Crippen LogP) is 3.17. The zero-order valence-corrected chi connectivity index (χ0v) is 14.7. The first-order valence-corrected chi connectivity index (χ1v) is 7.86. The van der Waals surface area contributed by atoms with Gasteiger partial charge < -0.3 is 14.7 Å². The summed E-state index contributed by atoms with van der Waals surface area (Å²) < 4.78 is 5.75. The van der Waals surface area contributed by atoms with Gasteiger partial charge in [-0.2, -0.15) is 0 Å². The molecule has 23 heavy (non-hydrogen) atoms. The third-order valence-electron chi connectivity index (χ3n) is 4.12. The summed E-state index contributed by atoms with van der Waals surface area (Å²) >= 11 is 0. The zero-order valence-electron chi connectivity index (χ0n) is 14.7. The number of nitrogens with zero attached hydrogens (tertiary/aromatic N) is 1. The quantitative estimate of drug-likeness (QED) is 0.747. The number of likely N-dealkylation sites (N-methyl/N-ethyl adjacent to an activating group) is 1. The molecule has 5 nitrogen and oxygen atoms in total. The maximum absolute atomic E-state index is 12.0. The summed E-state index contributed by atoms with van der Waals surface area (Å²) in [7, 11) is 1.53. The van der Waals surface area contributed by atoms with Crippen molar-refractivity contribution in [1.82, 2.24) is 4.90 Å². The number of carboxylic acids is 1. The number of rotatable bonds is 8. The van der Waals surface area contributed by atoms with Crippen molar-refractivity contribution in [1.29, 1.82) is 0 Å². The van der Waals surface area contributed by atoms with Gasteiger partial charge in [-0.05, 0) is 57.7 Å². The lowest BCUT2D eigenvalue weighted by molar-refractivity contribution is -0.155. The summed E-state index contributed by atoms with van der Waals surface area (Å²) in [4.78, 5) is 24.5. The average Bonchev–Trinajstić information content (AvgIpc) is 2.49. The van der Waals surface area contributed by atoms with E-state index >= 15 is 0 Å². The highest BCUT2D eigenvalue weighted by molar-refractivity contribution is 5.86. The second kappa shape index (κ2) is 7.99. The molecule has 0 aliphatic carbocycles. The number of benzene rings is 1. The molecule has 0 aliphatic rings. The molecule has 0 fully saturated rings. The van der Waals surface area contributed by atoms with Crippen molar-refractivity contribution in [3.05, 3.63) is 29.3 Å². The predicted molar refractivity (Wildman–Crippen MR) is 89.7 cm³/mol. The van der Waals surface area contributed by atoms with Gasteiger partial charge in [0.2, 0.25) is 5.91 Å². The Kier molecular flexibility index (Phi) is 6.61. The summed E-state index contributed by atoms with van der Waals surface area (Å²) in [5, 5.41) is 9.13. The Labute approximate surface area is 138 Å². The second-order valence-corrected chi connectivity index (χ2v) is 6.39. The second-order valence-electron chi connectivity index (χ2n) is 6.39. The van der Waals surface area contributed by atoms with E-state index in [1.54, 1.807) is 0 Å². The molecule has 0 aromatic heterocycles. The molecular formula is C18H27NO4. The molecule has 0 unspecified atom stereocenters. The zero-order chi connectivity index (χ0) is 17.6. The Morgan fingerprint density at radius 1 is 1.22 bits per heavy atom. The maximum atomic E-state index is 12.0. The van der Waals surface area contributed by atoms with Crippen LogP contribution in [0, 0.1) is 13.8 Å². The van der Waals surface area contributed by atoms with E-state index in [2.05, 4.69) is 0 Å². The molecule has 1 N–H and O–H groups in total. The number of amides is 1. The number of carbonyl (C=O) groups is 2. The topological polar surface area (TPSA) is 66.8 Å². The van der Waals surface area contributed by atoms with Crippen LogP contribution in [0.1, 0.15) is 44.2 Å². The molecule has 0 saturated carbocycles. The molecule has 0 radical (unpaired) electrons. The molecule has 0 heterocycles. The van der Waals surface area contributed by atoms with Gasteiger partial charge in [-0.1, -0.05) is 12.1 Å². The summed E-state index contributed by atoms with van der Waals surface area (Å²) in [6, 6.07) is 6.07. The number of aliphatic carboxylic acids is 1. The van der Waals surface area contributed by atoms with E-state index in [0.717, 1.165) is 23.3 Å². The smallest absolute Gasteiger partial charge is 0.329 e. The van der Waals surface area contributed by atoms with Crippen LogP contribution >= 0.6 is 0 Å². The molecule has 0 atom stereocenters. The molecule has 5 heteroatoms. The first-order valence-electron chi connectivity index (χ1n) is 7.86. The Morgan fingerprint density at radius 2 is 1.87 bits per heavy atom. The van der Waals surface area contributed by atoms with Gasteiger partial charge in [0.05, 0.1) is 6.61 Å². The summed E-state index contributed by atoms with van der Waals surface area (Å²) in [5.74, 6) is -0.295. The number of aryl methyl sites for hydroxylation is 2. The molecule has 0 aliphatic heterocycles. The van der Waals surface area contributed by atoms with Gasteiger partial charge in [-0.15, -0.1) is 0 Å². The standard InChI is InChI=1S/C18H27NO4/c1-13-9-10-14(2)15(12-13)23-11-7-6-8-16(20)19(5)18(3,4)17(21)22/h9-10,12H,6-8,11H2,1-5H3,(H,21,22). The number of carboxylic acid groups (broad SMARTS) is 1. The van der Waals surface area contributed by atoms with Gasteiger partial charge in [0.1, 0.15) is 11.3 Å². The van der Waals surface area contributed by atoms with Gasteiger partial charge in [-0.3, -0.25) is 4.79 Å². The molecule has 1 aromatic carbocycles. The molecular weight excluding hydrogens is 294 g/mol. The average molecular weight is 321 g/mol. The van der Waals surface area contributed by atoms with Crippen molar-refractivity contribution in [2.75, 3.05) is 13.7 Å². The molecule has 128 valence electrons. The lowest BCUT2D eigenvalue weighted by atomic mass is 10.0. The normalized spacial score (nSPS) is 11.2. The Morgan fingerprint density at radius 3 is 2.48 bits per heavy atom. The molecule has 1 aromatic rings. The fourth-order valence-electron chi connectivity index (χ4n) is 2.05. The van der Waals surface area contributed by atoms with Crippen LogP contribution in [0.5, 0.6) is 5.75 Å². The van der Waals surface area contributed by atoms with Crippen molar-refractivity contribution in [2.45, 2.75) is 52.5 Å². The number of ether oxygens (including phenoxy) is 1. The maximum Gasteiger partial charge on any atom is 0.329 e. The third-order valence-corrected chi connectivity index (χ3v) is 4.12. The van der Waals surface area contributed by atoms with Gasteiger partial charge in [0.15, 0.2) is 0 Å². The molecule has 1 amide bonds. The van der Waals surface area contributed by atoms with Crippen LogP contribution in [-0.4, -0.2) is 41.1 Å². The van der Waals surface area contributed by atoms with E-state index < -0.39 is 11.5 Å². The van der Waals surface area contributed by atoms with Crippen molar-refractivity contribution in [2.24, 2.45) is 0 Å². The molecule has 0 bridgehead atoms. The monoisotopic (exact) mass is 321 g/mol. The lowest BCUT2D eigenvalue weighted by Crippen LogP contribution is -2.50. The van der Waals surface area contributed by atoms with Crippen LogP contribution < -0.4 is 4.74 Å². The highest BCUT2D eigenvalue weighted by atomic mass is 16.5. The van der Waals surface area contributed by atoms with Gasteiger partial charge in [0.25, 0.3) is 0 Å². The lowest BCUT2D eigenvalue weighted by Gasteiger charge is -2.31. The Balaban J connectivity index is 2.36. The number of unbranched alkanes of at least 4 members (excludes halogenated alkanes) is 1. The minimum atomic E-state index is -1.19. The van der Waals surface area contributed by atoms with Crippen molar-refractivity contribution in [3.8, 4) is 5.75 Å². The summed E-state index contributed by atoms with van der Waals surface area (Å²) in [6.45, 7) is 7.61. The Hall–Kier alpha value is -2.04. The minimum absolute atomic E-state index is 0.163. The van der Waals surface area contributed by atoms with Crippen molar-refractivity contribution < 1.29 is 19.4 Å². The van der Waals surface area contributed by atoms with Crippen LogP contribution in [0.15, 0.2) is 18.2 Å². The van der Waals surface area contributed by atoms with E-state index in [4.69, 9.17) is 9.84 Å². The van der Waals surface area contributed by atoms with E-state index in [0.29, 0.717) is 19.4 Å². The SMILES string of the molecule is Cc1ccc(C)c(OCCCCC(=O)N(C)C(C)(C)C(=O)O)c1. The van der Waals surface area contributed by atoms with E-state index in [1.807, 2.05) is 32.0 Å². The van der Waals surface area contributed by atoms with E-state index in [9.17, 15) is 9.59 Å². The van der Waals surface area contributed by atoms with Gasteiger partial charge in [-0.25, -0.2) is 4.79 Å². The van der Waals surface area contributed by atoms with Gasteiger partial charge >= 0.3 is 5.97 Å². The fraction of sp³-hybridized carbons (Fsp3) is 0.556. The fourth-order valence-corrected chi connectivity index (χ4v) is 2.05. The van der Waals surface area contributed by atoms with Crippen LogP contribution in [0.25, 0.3) is 0 Å². The summed E-state index contributed by atoms with van der Waals surface area (Å²) in [5.41, 5.74) is 1.06. The van der Waals surface area contributed by atoms with E-state index in [-0.39, 0.29) is 5.91 Å². The highest BCUT2D eigenvalue weighted by Crippen LogP contribution is 2.19. The van der Waals surface area contributed by atoms with Crippen LogP contribution in [-0.2, 0) is 9.59 Å². The van der Waals surface area contributed by atoms with Crippen LogP contribution in [0.2, 0.25) is 0 Å². The van der Waals surface area contributed by atoms with Crippen LogP contribution in [0.3, 0.4) is 0 Å². The van der Waals surface area contributed by atoms with Crippen molar-refractivity contribution >= 4 is 11.9 Å². The number of hydrogen-bond donors (Lipinski definition) is 1. The summed E-state index contributed by atoms with van der Waals surface area (Å²) in [6.07, 6.45) is 1.74. The van der Waals surface area contributed by atoms with Crippen LogP contribution in [0.4, 0.5) is 0 Å². The highest BCUT2D eigenvalue weighted by Gasteiger charge is 2.34. The van der Waals surface area contributed by atoms with E-state index in [1.165, 1.54) is 25.8 Å². The minimum Gasteiger partial charge on any atom is -0.493 e. The first-order chi connectivity index (χ1) is 10.7. The Bertz CT molecular complexity index is 566. The molecule has 0 saturated heterocycles. The third kappa shape index (κ3) is 5.27. The van der Waals surface area contributed by atoms with Crippen molar-refractivity contribution in [3.63, 3.8) is 0 Å². The first kappa shape index (κ1) is 19.0. The molecule has 1 rings (SSSR count).